The van der Waals surface area contributed by atoms with Gasteiger partial charge in [0.1, 0.15) is 0 Å². The summed E-state index contributed by atoms with van der Waals surface area (Å²) >= 11 is 1.37. The molecule has 6 nitrogen and oxygen atoms in total. The minimum Gasteiger partial charge on any atom is -0.457 e. The van der Waals surface area contributed by atoms with Gasteiger partial charge in [0.15, 0.2) is 6.61 Å². The fraction of sp³-hybridized carbons (Fsp3) is 0.455. The van der Waals surface area contributed by atoms with Crippen LogP contribution in [-0.4, -0.2) is 44.2 Å². The summed E-state index contributed by atoms with van der Waals surface area (Å²) in [6.07, 6.45) is 0.767. The summed E-state index contributed by atoms with van der Waals surface area (Å²) in [6.45, 7) is 6.26. The third-order valence-electron chi connectivity index (χ3n) is 5.33. The summed E-state index contributed by atoms with van der Waals surface area (Å²) in [5, 5.41) is 0. The molecule has 0 bridgehead atoms. The van der Waals surface area contributed by atoms with Crippen molar-refractivity contribution in [2.45, 2.75) is 44.4 Å². The van der Waals surface area contributed by atoms with Gasteiger partial charge in [-0.05, 0) is 55.5 Å². The molecule has 1 aromatic carbocycles. The number of nitrogens with zero attached hydrogens (tertiary/aromatic N) is 1. The van der Waals surface area contributed by atoms with E-state index in [-0.39, 0.29) is 30.4 Å². The monoisotopic (exact) mass is 449 g/mol. The first-order chi connectivity index (χ1) is 14.2. The number of aryl methyl sites for hydroxylation is 1. The Morgan fingerprint density at radius 3 is 2.27 bits per heavy atom. The Morgan fingerprint density at radius 1 is 1.10 bits per heavy atom. The summed E-state index contributed by atoms with van der Waals surface area (Å²) in [6, 6.07) is 10.5. The van der Waals surface area contributed by atoms with E-state index in [4.69, 9.17) is 4.74 Å². The molecule has 0 N–H and O–H groups in total. The topological polar surface area (TPSA) is 80.8 Å². The Kier molecular flexibility index (Phi) is 7.10. The van der Waals surface area contributed by atoms with Crippen molar-refractivity contribution >= 4 is 33.1 Å². The Labute approximate surface area is 181 Å². The lowest BCUT2D eigenvalue weighted by atomic mass is 9.98. The van der Waals surface area contributed by atoms with E-state index >= 15 is 0 Å². The van der Waals surface area contributed by atoms with Crippen LogP contribution in [0.15, 0.2) is 41.3 Å². The van der Waals surface area contributed by atoms with E-state index < -0.39 is 21.9 Å². The lowest BCUT2D eigenvalue weighted by Gasteiger charge is -2.30. The maximum atomic E-state index is 12.9. The molecule has 0 radical (unpaired) electrons. The fourth-order valence-corrected chi connectivity index (χ4v) is 5.68. The number of piperidine rings is 1. The molecule has 162 valence electrons. The van der Waals surface area contributed by atoms with E-state index in [2.05, 4.69) is 13.8 Å². The molecule has 0 aliphatic carbocycles. The zero-order valence-electron chi connectivity index (χ0n) is 17.5. The van der Waals surface area contributed by atoms with E-state index in [1.54, 1.807) is 18.2 Å². The van der Waals surface area contributed by atoms with Gasteiger partial charge < -0.3 is 4.74 Å². The zero-order chi connectivity index (χ0) is 21.9. The first-order valence-corrected chi connectivity index (χ1v) is 12.3. The number of carbonyl (C=O) groups excluding carboxylic acids is 2. The summed E-state index contributed by atoms with van der Waals surface area (Å²) in [7, 11) is -3.58. The maximum absolute atomic E-state index is 12.9. The van der Waals surface area contributed by atoms with Crippen molar-refractivity contribution in [2.75, 3.05) is 19.7 Å². The Morgan fingerprint density at radius 2 is 1.73 bits per heavy atom. The second kappa shape index (κ2) is 9.41. The van der Waals surface area contributed by atoms with Gasteiger partial charge in [-0.1, -0.05) is 26.0 Å². The molecular weight excluding hydrogens is 422 g/mol. The van der Waals surface area contributed by atoms with Crippen molar-refractivity contribution in [3.8, 4) is 0 Å². The molecule has 30 heavy (non-hydrogen) atoms. The van der Waals surface area contributed by atoms with Crippen molar-refractivity contribution in [3.05, 3.63) is 51.7 Å². The van der Waals surface area contributed by atoms with Crippen LogP contribution in [0.2, 0.25) is 0 Å². The summed E-state index contributed by atoms with van der Waals surface area (Å²) in [4.78, 5) is 26.3. The first-order valence-electron chi connectivity index (χ1n) is 10.0. The van der Waals surface area contributed by atoms with E-state index in [0.717, 1.165) is 10.4 Å². The van der Waals surface area contributed by atoms with Crippen LogP contribution in [0.4, 0.5) is 0 Å². The largest absolute Gasteiger partial charge is 0.457 e. The second-order valence-electron chi connectivity index (χ2n) is 7.84. The Bertz CT molecular complexity index is 1000. The molecule has 2 aromatic rings. The molecule has 1 aliphatic rings. The summed E-state index contributed by atoms with van der Waals surface area (Å²) < 4.78 is 32.4. The van der Waals surface area contributed by atoms with Crippen LogP contribution < -0.4 is 0 Å². The highest BCUT2D eigenvalue weighted by Crippen LogP contribution is 2.26. The fourth-order valence-electron chi connectivity index (χ4n) is 3.42. The van der Waals surface area contributed by atoms with Gasteiger partial charge in [-0.3, -0.25) is 9.59 Å². The van der Waals surface area contributed by atoms with Crippen LogP contribution in [-0.2, 0) is 19.6 Å². The lowest BCUT2D eigenvalue weighted by molar-refractivity contribution is -0.148. The predicted octanol–water partition coefficient (Wildman–Crippen LogP) is 4.01. The first kappa shape index (κ1) is 22.7. The van der Waals surface area contributed by atoms with Crippen molar-refractivity contribution in [1.82, 2.24) is 4.31 Å². The quantitative estimate of drug-likeness (QED) is 0.471. The lowest BCUT2D eigenvalue weighted by Crippen LogP contribution is -2.40. The number of benzene rings is 1. The predicted molar refractivity (Wildman–Crippen MR) is 116 cm³/mol. The number of esters is 1. The van der Waals surface area contributed by atoms with Crippen LogP contribution in [0.5, 0.6) is 0 Å². The molecule has 0 spiro atoms. The van der Waals surface area contributed by atoms with Gasteiger partial charge in [0.05, 0.1) is 15.7 Å². The van der Waals surface area contributed by atoms with Gasteiger partial charge in [0.25, 0.3) is 0 Å². The smallest absolute Gasteiger partial charge is 0.309 e. The van der Waals surface area contributed by atoms with Gasteiger partial charge in [0.2, 0.25) is 15.8 Å². The number of carbonyl (C=O) groups is 2. The van der Waals surface area contributed by atoms with Gasteiger partial charge in [0, 0.05) is 18.0 Å². The van der Waals surface area contributed by atoms with Gasteiger partial charge in [-0.15, -0.1) is 11.3 Å². The average molecular weight is 450 g/mol. The number of hydrogen-bond acceptors (Lipinski definition) is 6. The number of sulfonamides is 1. The van der Waals surface area contributed by atoms with E-state index in [0.29, 0.717) is 23.6 Å². The molecule has 0 atom stereocenters. The Hall–Kier alpha value is -2.03. The van der Waals surface area contributed by atoms with Crippen LogP contribution in [0.25, 0.3) is 0 Å². The highest BCUT2D eigenvalue weighted by Gasteiger charge is 2.33. The highest BCUT2D eigenvalue weighted by molar-refractivity contribution is 7.89. The highest BCUT2D eigenvalue weighted by atomic mass is 32.2. The molecule has 2 heterocycles. The number of Topliss-reactive ketones (excluding diaryl/α,β-unsaturated/α-hetero) is 1. The summed E-state index contributed by atoms with van der Waals surface area (Å²) in [5.74, 6) is -0.710. The van der Waals surface area contributed by atoms with Crippen LogP contribution in [0, 0.1) is 12.8 Å². The van der Waals surface area contributed by atoms with Crippen molar-refractivity contribution in [1.29, 1.82) is 0 Å². The van der Waals surface area contributed by atoms with E-state index in [1.165, 1.54) is 15.6 Å². The van der Waals surface area contributed by atoms with Crippen LogP contribution in [0.1, 0.15) is 52.7 Å². The SMILES string of the molecule is Cc1ccc(C(=O)COC(=O)C2CCN(S(=O)(=O)c3ccc(C(C)C)cc3)CC2)s1. The molecule has 8 heteroatoms. The molecule has 3 rings (SSSR count). The Balaban J connectivity index is 1.53. The minimum atomic E-state index is -3.58. The van der Waals surface area contributed by atoms with Crippen molar-refractivity contribution < 1.29 is 22.7 Å². The molecule has 1 saturated heterocycles. The standard InChI is InChI=1S/C22H27NO5S2/c1-15(2)17-5-7-19(8-6-17)30(26,27)23-12-10-18(11-13-23)22(25)28-14-20(24)21-9-4-16(3)29-21/h4-9,15,18H,10-14H2,1-3H3. The minimum absolute atomic E-state index is 0.216. The number of ketones is 1. The molecule has 0 saturated carbocycles. The van der Waals surface area contributed by atoms with E-state index in [9.17, 15) is 18.0 Å². The van der Waals surface area contributed by atoms with Gasteiger partial charge in [-0.25, -0.2) is 8.42 Å². The van der Waals surface area contributed by atoms with Crippen LogP contribution >= 0.6 is 11.3 Å². The van der Waals surface area contributed by atoms with E-state index in [1.807, 2.05) is 25.1 Å². The molecule has 1 aliphatic heterocycles. The average Bonchev–Trinajstić information content (AvgIpc) is 3.18. The van der Waals surface area contributed by atoms with Crippen LogP contribution in [0.3, 0.4) is 0 Å². The third kappa shape index (κ3) is 5.17. The molecule has 0 unspecified atom stereocenters. The van der Waals surface area contributed by atoms with Gasteiger partial charge in [-0.2, -0.15) is 4.31 Å². The van der Waals surface area contributed by atoms with Crippen molar-refractivity contribution in [2.24, 2.45) is 5.92 Å². The van der Waals surface area contributed by atoms with Gasteiger partial charge >= 0.3 is 5.97 Å². The molecule has 0 amide bonds. The second-order valence-corrected chi connectivity index (χ2v) is 11.1. The zero-order valence-corrected chi connectivity index (χ0v) is 19.1. The third-order valence-corrected chi connectivity index (χ3v) is 8.29. The number of rotatable bonds is 7. The number of ether oxygens (including phenoxy) is 1. The summed E-state index contributed by atoms with van der Waals surface area (Å²) in [5.41, 5.74) is 1.09. The molecule has 1 fully saturated rings. The number of hydrogen-bond donors (Lipinski definition) is 0. The molecular formula is C22H27NO5S2. The van der Waals surface area contributed by atoms with Crippen molar-refractivity contribution in [3.63, 3.8) is 0 Å². The molecule has 1 aromatic heterocycles. The number of thiophene rings is 1. The maximum Gasteiger partial charge on any atom is 0.309 e. The normalized spacial score (nSPS) is 16.0.